The normalized spacial score (nSPS) is 26.2. The fourth-order valence-corrected chi connectivity index (χ4v) is 4.40. The first-order chi connectivity index (χ1) is 13.2. The van der Waals surface area contributed by atoms with Gasteiger partial charge in [-0.15, -0.1) is 0 Å². The Morgan fingerprint density at radius 1 is 1.11 bits per heavy atom. The monoisotopic (exact) mass is 376 g/mol. The van der Waals surface area contributed by atoms with Crippen LogP contribution in [-0.4, -0.2) is 59.6 Å². The van der Waals surface area contributed by atoms with Crippen molar-refractivity contribution in [3.05, 3.63) is 23.8 Å². The zero-order valence-electron chi connectivity index (χ0n) is 16.8. The fourth-order valence-electron chi connectivity index (χ4n) is 4.40. The first-order valence-electron chi connectivity index (χ1n) is 9.78. The molecule has 1 aromatic carbocycles. The van der Waals surface area contributed by atoms with Crippen molar-refractivity contribution in [2.75, 3.05) is 47.8 Å². The molecular weight excluding hydrogens is 344 g/mol. The van der Waals surface area contributed by atoms with Crippen LogP contribution >= 0.6 is 0 Å². The number of methoxy groups -OCH3 is 3. The molecule has 1 heterocycles. The summed E-state index contributed by atoms with van der Waals surface area (Å²) >= 11 is 0. The maximum atomic E-state index is 5.60. The third kappa shape index (κ3) is 4.45. The molecule has 1 saturated carbocycles. The summed E-state index contributed by atoms with van der Waals surface area (Å²) < 4.78 is 21.6. The highest BCUT2D eigenvalue weighted by Gasteiger charge is 2.47. The Morgan fingerprint density at radius 2 is 1.96 bits per heavy atom. The van der Waals surface area contributed by atoms with Gasteiger partial charge < -0.3 is 24.3 Å². The average Bonchev–Trinajstić information content (AvgIpc) is 3.14. The zero-order valence-corrected chi connectivity index (χ0v) is 16.8. The Morgan fingerprint density at radius 3 is 2.74 bits per heavy atom. The van der Waals surface area contributed by atoms with E-state index in [1.807, 2.05) is 6.07 Å². The third-order valence-corrected chi connectivity index (χ3v) is 5.90. The molecule has 1 N–H and O–H groups in total. The molecule has 0 spiro atoms. The summed E-state index contributed by atoms with van der Waals surface area (Å²) in [7, 11) is 5.08. The van der Waals surface area contributed by atoms with Gasteiger partial charge in [-0.05, 0) is 49.9 Å². The van der Waals surface area contributed by atoms with Crippen molar-refractivity contribution in [3.8, 4) is 11.5 Å². The summed E-state index contributed by atoms with van der Waals surface area (Å²) in [5.41, 5.74) is 2.75. The summed E-state index contributed by atoms with van der Waals surface area (Å²) in [5.74, 6) is 1.59. The average molecular weight is 376 g/mol. The number of nitrogens with zero attached hydrogens (tertiary/aromatic N) is 1. The van der Waals surface area contributed by atoms with Gasteiger partial charge in [0.05, 0.1) is 20.8 Å². The van der Waals surface area contributed by atoms with Gasteiger partial charge in [0.2, 0.25) is 0 Å². The predicted molar refractivity (Wildman–Crippen MR) is 106 cm³/mol. The smallest absolute Gasteiger partial charge is 0.161 e. The van der Waals surface area contributed by atoms with Crippen LogP contribution in [0.5, 0.6) is 11.5 Å². The van der Waals surface area contributed by atoms with Gasteiger partial charge in [-0.3, -0.25) is 4.99 Å². The van der Waals surface area contributed by atoms with Crippen LogP contribution in [-0.2, 0) is 14.9 Å². The summed E-state index contributed by atoms with van der Waals surface area (Å²) in [5, 5.41) is 3.70. The van der Waals surface area contributed by atoms with Crippen molar-refractivity contribution >= 4 is 5.71 Å². The highest BCUT2D eigenvalue weighted by atomic mass is 16.5. The number of ether oxygens (including phenoxy) is 4. The Bertz CT molecular complexity index is 649. The van der Waals surface area contributed by atoms with Crippen molar-refractivity contribution in [2.45, 2.75) is 43.6 Å². The van der Waals surface area contributed by atoms with E-state index in [2.05, 4.69) is 17.4 Å². The standard InChI is InChI=1S/C21H32N2O4/c1-24-11-4-12-27-15-23-17-7-8-21(9-10-22-20(21)14-17)16-5-6-18(25-2)19(13-16)26-3/h5-6,13,20,22H,4,7-12,14-15H2,1-3H3/b23-17+/t20-,21-/m0/s1. The molecule has 2 fully saturated rings. The maximum absolute atomic E-state index is 5.60. The van der Waals surface area contributed by atoms with Crippen molar-refractivity contribution in [3.63, 3.8) is 0 Å². The lowest BCUT2D eigenvalue weighted by Crippen LogP contribution is -2.45. The van der Waals surface area contributed by atoms with E-state index in [1.165, 1.54) is 11.3 Å². The molecule has 0 radical (unpaired) electrons. The van der Waals surface area contributed by atoms with Gasteiger partial charge in [0, 0.05) is 37.3 Å². The molecule has 0 unspecified atom stereocenters. The lowest BCUT2D eigenvalue weighted by Gasteiger charge is -2.40. The van der Waals surface area contributed by atoms with Gasteiger partial charge in [-0.2, -0.15) is 0 Å². The van der Waals surface area contributed by atoms with Gasteiger partial charge in [0.25, 0.3) is 0 Å². The van der Waals surface area contributed by atoms with Gasteiger partial charge >= 0.3 is 0 Å². The molecule has 0 bridgehead atoms. The second kappa shape index (κ2) is 9.53. The second-order valence-corrected chi connectivity index (χ2v) is 7.29. The zero-order chi connectivity index (χ0) is 19.1. The Kier molecular flexibility index (Phi) is 7.10. The van der Waals surface area contributed by atoms with Crippen LogP contribution in [0.1, 0.15) is 37.7 Å². The van der Waals surface area contributed by atoms with E-state index in [1.54, 1.807) is 21.3 Å². The molecule has 2 atom stereocenters. The number of rotatable bonds is 9. The molecule has 1 aliphatic carbocycles. The molecule has 0 amide bonds. The summed E-state index contributed by atoms with van der Waals surface area (Å²) in [6, 6.07) is 6.79. The van der Waals surface area contributed by atoms with Gasteiger partial charge in [-0.1, -0.05) is 6.07 Å². The summed E-state index contributed by atoms with van der Waals surface area (Å²) in [6.45, 7) is 2.92. The Hall–Kier alpha value is -1.63. The first kappa shape index (κ1) is 20.1. The van der Waals surface area contributed by atoms with Crippen LogP contribution in [0.3, 0.4) is 0 Å². The van der Waals surface area contributed by atoms with Crippen molar-refractivity contribution in [1.82, 2.24) is 5.32 Å². The van der Waals surface area contributed by atoms with E-state index in [9.17, 15) is 0 Å². The third-order valence-electron chi connectivity index (χ3n) is 5.90. The van der Waals surface area contributed by atoms with Crippen molar-refractivity contribution < 1.29 is 18.9 Å². The van der Waals surface area contributed by atoms with Crippen LogP contribution in [0.2, 0.25) is 0 Å². The minimum atomic E-state index is 0.151. The fraction of sp³-hybridized carbons (Fsp3) is 0.667. The van der Waals surface area contributed by atoms with E-state index in [-0.39, 0.29) is 5.41 Å². The SMILES string of the molecule is COCCCOC/N=C1\CC[C@@]2(c3ccc(OC)c(OC)c3)CCN[C@H]2C1. The number of hydrogen-bond acceptors (Lipinski definition) is 6. The summed E-state index contributed by atoms with van der Waals surface area (Å²) in [4.78, 5) is 4.70. The molecule has 1 aliphatic heterocycles. The molecule has 2 aliphatic rings. The molecule has 3 rings (SSSR count). The topological polar surface area (TPSA) is 61.3 Å². The van der Waals surface area contributed by atoms with Gasteiger partial charge in [-0.25, -0.2) is 0 Å². The lowest BCUT2D eigenvalue weighted by atomic mass is 9.66. The van der Waals surface area contributed by atoms with Crippen LogP contribution < -0.4 is 14.8 Å². The predicted octanol–water partition coefficient (Wildman–Crippen LogP) is 2.94. The quantitative estimate of drug-likeness (QED) is 0.672. The minimum Gasteiger partial charge on any atom is -0.493 e. The molecule has 1 saturated heterocycles. The van der Waals surface area contributed by atoms with E-state index in [0.717, 1.165) is 56.8 Å². The molecule has 150 valence electrons. The highest BCUT2D eigenvalue weighted by Crippen LogP contribution is 2.46. The molecular formula is C21H32N2O4. The molecule has 6 nitrogen and oxygen atoms in total. The van der Waals surface area contributed by atoms with E-state index in [0.29, 0.717) is 19.4 Å². The molecule has 1 aromatic rings. The Balaban J connectivity index is 1.66. The van der Waals surface area contributed by atoms with Crippen molar-refractivity contribution in [2.24, 2.45) is 4.99 Å². The molecule has 6 heteroatoms. The largest absolute Gasteiger partial charge is 0.493 e. The number of benzene rings is 1. The van der Waals surface area contributed by atoms with E-state index in [4.69, 9.17) is 23.9 Å². The van der Waals surface area contributed by atoms with Gasteiger partial charge in [0.15, 0.2) is 11.5 Å². The van der Waals surface area contributed by atoms with Crippen LogP contribution in [0.4, 0.5) is 0 Å². The first-order valence-corrected chi connectivity index (χ1v) is 9.78. The maximum Gasteiger partial charge on any atom is 0.161 e. The van der Waals surface area contributed by atoms with Gasteiger partial charge in [0.1, 0.15) is 6.73 Å². The summed E-state index contributed by atoms with van der Waals surface area (Å²) in [6.07, 6.45) is 5.16. The molecule has 27 heavy (non-hydrogen) atoms. The van der Waals surface area contributed by atoms with E-state index >= 15 is 0 Å². The van der Waals surface area contributed by atoms with Crippen LogP contribution in [0.15, 0.2) is 23.2 Å². The van der Waals surface area contributed by atoms with E-state index < -0.39 is 0 Å². The highest BCUT2D eigenvalue weighted by molar-refractivity contribution is 5.86. The van der Waals surface area contributed by atoms with Crippen molar-refractivity contribution in [1.29, 1.82) is 0 Å². The number of nitrogens with one attached hydrogen (secondary N) is 1. The second-order valence-electron chi connectivity index (χ2n) is 7.29. The van der Waals surface area contributed by atoms with Crippen LogP contribution in [0, 0.1) is 0 Å². The number of fused-ring (bicyclic) bond motifs is 1. The number of aliphatic imine (C=N–C) groups is 1. The minimum absolute atomic E-state index is 0.151. The number of hydrogen-bond donors (Lipinski definition) is 1. The Labute approximate surface area is 162 Å². The lowest BCUT2D eigenvalue weighted by molar-refractivity contribution is 0.108. The van der Waals surface area contributed by atoms with Crippen LogP contribution in [0.25, 0.3) is 0 Å². The molecule has 0 aromatic heterocycles.